The number of carbonyl (C=O) groups is 2. The number of benzene rings is 1. The molecule has 0 amide bonds. The molecule has 4 aliphatic carbocycles. The molecule has 3 saturated carbocycles. The van der Waals surface area contributed by atoms with Gasteiger partial charge < -0.3 is 10.2 Å². The van der Waals surface area contributed by atoms with Crippen molar-refractivity contribution in [3.63, 3.8) is 0 Å². The molecule has 1 aromatic carbocycles. The van der Waals surface area contributed by atoms with Crippen molar-refractivity contribution in [1.29, 1.82) is 0 Å². The summed E-state index contributed by atoms with van der Waals surface area (Å²) >= 11 is 5.94. The molecule has 0 bridgehead atoms. The third kappa shape index (κ3) is 3.07. The maximum Gasteiger partial charge on any atom is 0.339 e. The zero-order valence-corrected chi connectivity index (χ0v) is 21.1. The van der Waals surface area contributed by atoms with E-state index in [1.165, 1.54) is 19.1 Å². The lowest BCUT2D eigenvalue weighted by molar-refractivity contribution is -0.234. The first-order valence-electron chi connectivity index (χ1n) is 12.2. The molecule has 0 aliphatic heterocycles. The van der Waals surface area contributed by atoms with Gasteiger partial charge in [-0.25, -0.2) is 13.6 Å². The Balaban J connectivity index is 1.57. The summed E-state index contributed by atoms with van der Waals surface area (Å²) in [6.45, 7) is 4.95. The first kappa shape index (κ1) is 25.4. The van der Waals surface area contributed by atoms with E-state index in [1.807, 2.05) is 0 Å². The number of aliphatic carboxylic acids is 1. The van der Waals surface area contributed by atoms with Crippen molar-refractivity contribution in [3.8, 4) is 0 Å². The number of carbonyl (C=O) groups excluding carboxylic acids is 1. The smallest absolute Gasteiger partial charge is 0.339 e. The zero-order valence-electron chi connectivity index (χ0n) is 20.3. The van der Waals surface area contributed by atoms with Crippen LogP contribution in [0.3, 0.4) is 0 Å². The lowest BCUT2D eigenvalue weighted by Gasteiger charge is -2.63. The number of allylic oxidation sites excluding steroid dienone is 4. The molecular weight excluding hydrogens is 492 g/mol. The molecule has 0 spiro atoms. The van der Waals surface area contributed by atoms with Crippen molar-refractivity contribution < 1.29 is 33.4 Å². The van der Waals surface area contributed by atoms with Gasteiger partial charge in [-0.15, -0.1) is 0 Å². The molecule has 0 radical (unpaired) electrons. The van der Waals surface area contributed by atoms with Crippen LogP contribution in [0.15, 0.2) is 48.1 Å². The Hall–Kier alpha value is -2.29. The van der Waals surface area contributed by atoms with Gasteiger partial charge in [0, 0.05) is 21.8 Å². The number of carboxylic acid groups (broad SMARTS) is 1. The molecule has 9 heteroatoms. The molecule has 0 heterocycles. The normalized spacial score (nSPS) is 45.4. The van der Waals surface area contributed by atoms with Crippen LogP contribution in [0.4, 0.5) is 14.5 Å². The molecule has 36 heavy (non-hydrogen) atoms. The van der Waals surface area contributed by atoms with Crippen molar-refractivity contribution in [3.05, 3.63) is 53.1 Å². The van der Waals surface area contributed by atoms with Gasteiger partial charge in [0.15, 0.2) is 11.5 Å². The van der Waals surface area contributed by atoms with E-state index in [0.717, 1.165) is 6.08 Å². The summed E-state index contributed by atoms with van der Waals surface area (Å²) < 4.78 is 32.8. The summed E-state index contributed by atoms with van der Waals surface area (Å²) in [6, 6.07) is 6.53. The largest absolute Gasteiger partial charge is 0.479 e. The third-order valence-electron chi connectivity index (χ3n) is 9.66. The standard InChI is InChI=1S/C27H30ClF2NO5/c1-14-10-18-19-12-21(29)20-11-17(32)8-9-24(20,2)26(19,30)22(33)13-25(18,3)27(14,23(34)35)36-31-16-6-4-15(28)5-7-16/h4-9,11,14,18-19,21-22,31,33H,10,12-13H2,1-3H3,(H,34,35)/t14-,18+,19+,21+,22+,24+,25+,26+,27+/m1/s1. The summed E-state index contributed by atoms with van der Waals surface area (Å²) in [6.07, 6.45) is 0.365. The maximum absolute atomic E-state index is 17.3. The van der Waals surface area contributed by atoms with E-state index in [2.05, 4.69) is 5.48 Å². The topological polar surface area (TPSA) is 95.9 Å². The van der Waals surface area contributed by atoms with E-state index in [4.69, 9.17) is 16.4 Å². The minimum Gasteiger partial charge on any atom is -0.479 e. The molecular formula is C27H30ClF2NO5. The van der Waals surface area contributed by atoms with Gasteiger partial charge in [0.25, 0.3) is 0 Å². The van der Waals surface area contributed by atoms with Crippen LogP contribution < -0.4 is 5.48 Å². The average molecular weight is 522 g/mol. The Morgan fingerprint density at radius 3 is 2.50 bits per heavy atom. The van der Waals surface area contributed by atoms with Crippen molar-refractivity contribution in [2.45, 2.75) is 63.6 Å². The van der Waals surface area contributed by atoms with Gasteiger partial charge in [-0.3, -0.25) is 15.1 Å². The summed E-state index contributed by atoms with van der Waals surface area (Å²) in [4.78, 5) is 30.9. The third-order valence-corrected chi connectivity index (χ3v) is 9.91. The quantitative estimate of drug-likeness (QED) is 0.479. The minimum atomic E-state index is -2.28. The average Bonchev–Trinajstić information content (AvgIpc) is 3.04. The van der Waals surface area contributed by atoms with Crippen LogP contribution >= 0.6 is 11.6 Å². The van der Waals surface area contributed by atoms with Gasteiger partial charge in [0.05, 0.1) is 11.8 Å². The Bertz CT molecular complexity index is 1170. The van der Waals surface area contributed by atoms with Crippen molar-refractivity contribution in [1.82, 2.24) is 0 Å². The fourth-order valence-electron chi connectivity index (χ4n) is 7.90. The lowest BCUT2D eigenvalue weighted by atomic mass is 9.44. The van der Waals surface area contributed by atoms with Crippen molar-refractivity contribution >= 4 is 29.0 Å². The molecule has 5 rings (SSSR count). The number of carboxylic acids is 1. The first-order valence-corrected chi connectivity index (χ1v) is 12.6. The summed E-state index contributed by atoms with van der Waals surface area (Å²) in [5, 5.41) is 22.5. The molecule has 1 aromatic rings. The van der Waals surface area contributed by atoms with E-state index in [-0.39, 0.29) is 24.8 Å². The van der Waals surface area contributed by atoms with Gasteiger partial charge in [-0.05, 0) is 80.0 Å². The molecule has 3 fully saturated rings. The fraction of sp³-hybridized carbons (Fsp3) is 0.556. The molecule has 194 valence electrons. The van der Waals surface area contributed by atoms with Gasteiger partial charge in [0.1, 0.15) is 6.17 Å². The highest BCUT2D eigenvalue weighted by Gasteiger charge is 2.78. The molecule has 3 N–H and O–H groups in total. The molecule has 9 atom stereocenters. The van der Waals surface area contributed by atoms with E-state index >= 15 is 8.78 Å². The van der Waals surface area contributed by atoms with Crippen molar-refractivity contribution in [2.75, 3.05) is 5.48 Å². The number of halogens is 3. The van der Waals surface area contributed by atoms with E-state index < -0.39 is 63.9 Å². The predicted octanol–water partition coefficient (Wildman–Crippen LogP) is 5.07. The van der Waals surface area contributed by atoms with E-state index in [9.17, 15) is 19.8 Å². The van der Waals surface area contributed by atoms with Crippen LogP contribution in [0.1, 0.15) is 40.0 Å². The minimum absolute atomic E-state index is 0.0348. The van der Waals surface area contributed by atoms with Crippen LogP contribution in [0.25, 0.3) is 0 Å². The first-order chi connectivity index (χ1) is 16.8. The number of anilines is 1. The number of aliphatic hydroxyl groups is 1. The summed E-state index contributed by atoms with van der Waals surface area (Å²) in [5.74, 6) is -3.80. The van der Waals surface area contributed by atoms with Gasteiger partial charge in [-0.1, -0.05) is 31.5 Å². The molecule has 0 aromatic heterocycles. The number of nitrogens with one attached hydrogen (secondary N) is 1. The summed E-state index contributed by atoms with van der Waals surface area (Å²) in [5.41, 5.74) is -3.58. The van der Waals surface area contributed by atoms with Gasteiger partial charge in [-0.2, -0.15) is 0 Å². The van der Waals surface area contributed by atoms with Crippen LogP contribution in [0.2, 0.25) is 5.02 Å². The highest BCUT2D eigenvalue weighted by atomic mass is 35.5. The number of hydrogen-bond acceptors (Lipinski definition) is 5. The van der Waals surface area contributed by atoms with Crippen LogP contribution in [-0.4, -0.2) is 45.5 Å². The SMILES string of the molecule is C[C@@H]1C[C@H]2[C@@H]3C[C@H](F)C4=CC(=O)C=C[C@]4(C)[C@@]3(F)[C@@H](O)C[C@]2(C)[C@@]1(ONc1ccc(Cl)cc1)C(=O)O. The van der Waals surface area contributed by atoms with Gasteiger partial charge in [0.2, 0.25) is 5.60 Å². The Morgan fingerprint density at radius 1 is 1.19 bits per heavy atom. The lowest BCUT2D eigenvalue weighted by Crippen LogP contribution is -2.71. The van der Waals surface area contributed by atoms with E-state index in [0.29, 0.717) is 10.7 Å². The second-order valence-electron chi connectivity index (χ2n) is 11.2. The van der Waals surface area contributed by atoms with Crippen LogP contribution in [0, 0.1) is 28.6 Å². The monoisotopic (exact) mass is 521 g/mol. The number of fused-ring (bicyclic) bond motifs is 5. The highest BCUT2D eigenvalue weighted by molar-refractivity contribution is 6.30. The van der Waals surface area contributed by atoms with Crippen LogP contribution in [0.5, 0.6) is 0 Å². The number of aliphatic hydroxyl groups excluding tert-OH is 1. The molecule has 0 unspecified atom stereocenters. The van der Waals surface area contributed by atoms with Crippen molar-refractivity contribution in [2.24, 2.45) is 28.6 Å². The Kier molecular flexibility index (Phi) is 5.71. The Morgan fingerprint density at radius 2 is 1.86 bits per heavy atom. The predicted molar refractivity (Wildman–Crippen MR) is 130 cm³/mol. The summed E-state index contributed by atoms with van der Waals surface area (Å²) in [7, 11) is 0. The Labute approximate surface area is 213 Å². The van der Waals surface area contributed by atoms with Crippen LogP contribution in [-0.2, 0) is 14.4 Å². The molecule has 4 aliphatic rings. The van der Waals surface area contributed by atoms with Gasteiger partial charge >= 0.3 is 5.97 Å². The fourth-order valence-corrected chi connectivity index (χ4v) is 8.02. The highest BCUT2D eigenvalue weighted by Crippen LogP contribution is 2.71. The zero-order chi connectivity index (χ0) is 26.3. The number of ketones is 1. The molecule has 6 nitrogen and oxygen atoms in total. The van der Waals surface area contributed by atoms with E-state index in [1.54, 1.807) is 38.1 Å². The maximum atomic E-state index is 17.3. The number of hydrogen-bond donors (Lipinski definition) is 3. The molecule has 0 saturated heterocycles. The second-order valence-corrected chi connectivity index (χ2v) is 11.7. The number of alkyl halides is 2. The number of rotatable bonds is 4. The second kappa shape index (κ2) is 8.10.